The van der Waals surface area contributed by atoms with E-state index < -0.39 is 5.97 Å². The minimum absolute atomic E-state index is 0.0204. The topological polar surface area (TPSA) is 94.3 Å². The van der Waals surface area contributed by atoms with Gasteiger partial charge in [-0.1, -0.05) is 30.0 Å². The lowest BCUT2D eigenvalue weighted by Crippen LogP contribution is -2.18. The third kappa shape index (κ3) is 3.26. The highest BCUT2D eigenvalue weighted by molar-refractivity contribution is 8.04. The molecular formula is C15H13N3O4S. The summed E-state index contributed by atoms with van der Waals surface area (Å²) in [5, 5.41) is 10.9. The number of hydrogen-bond donors (Lipinski definition) is 1. The van der Waals surface area contributed by atoms with Crippen LogP contribution in [0.15, 0.2) is 39.8 Å². The third-order valence-corrected chi connectivity index (χ3v) is 3.97. The molecule has 0 bridgehead atoms. The van der Waals surface area contributed by atoms with Crippen LogP contribution in [0.4, 0.5) is 0 Å². The number of nitrogens with zero attached hydrogens (tertiary/aromatic N) is 2. The van der Waals surface area contributed by atoms with Crippen LogP contribution in [-0.2, 0) is 14.3 Å². The second-order valence-electron chi connectivity index (χ2n) is 4.54. The molecule has 0 atom stereocenters. The van der Waals surface area contributed by atoms with Crippen LogP contribution in [0.25, 0.3) is 17.0 Å². The van der Waals surface area contributed by atoms with Gasteiger partial charge in [0.1, 0.15) is 0 Å². The Morgan fingerprint density at radius 2 is 2.13 bits per heavy atom. The Morgan fingerprint density at radius 3 is 2.78 bits per heavy atom. The predicted octanol–water partition coefficient (Wildman–Crippen LogP) is 1.83. The van der Waals surface area contributed by atoms with E-state index in [0.717, 1.165) is 5.56 Å². The van der Waals surface area contributed by atoms with Gasteiger partial charge in [-0.05, 0) is 19.1 Å². The number of benzene rings is 1. The van der Waals surface area contributed by atoms with E-state index in [0.29, 0.717) is 5.03 Å². The van der Waals surface area contributed by atoms with Crippen LogP contribution in [-0.4, -0.2) is 34.4 Å². The van der Waals surface area contributed by atoms with E-state index in [1.54, 1.807) is 6.92 Å². The van der Waals surface area contributed by atoms with Gasteiger partial charge in [0.05, 0.1) is 17.4 Å². The smallest absolute Gasteiger partial charge is 0.346 e. The number of carbonyl (C=O) groups excluding carboxylic acids is 2. The van der Waals surface area contributed by atoms with Crippen LogP contribution in [0.2, 0.25) is 0 Å². The number of aromatic nitrogens is 2. The van der Waals surface area contributed by atoms with Crippen LogP contribution < -0.4 is 5.32 Å². The number of thioether (sulfide) groups is 1. The molecule has 2 aromatic rings. The van der Waals surface area contributed by atoms with Gasteiger partial charge >= 0.3 is 5.97 Å². The van der Waals surface area contributed by atoms with Crippen molar-refractivity contribution >= 4 is 29.2 Å². The largest absolute Gasteiger partial charge is 0.462 e. The second kappa shape index (κ2) is 6.66. The van der Waals surface area contributed by atoms with Crippen LogP contribution >= 0.6 is 11.8 Å². The van der Waals surface area contributed by atoms with Crippen molar-refractivity contribution in [1.29, 1.82) is 0 Å². The van der Waals surface area contributed by atoms with Gasteiger partial charge < -0.3 is 14.5 Å². The monoisotopic (exact) mass is 331 g/mol. The molecule has 1 amide bonds. The summed E-state index contributed by atoms with van der Waals surface area (Å²) in [5.74, 6) is -0.253. The van der Waals surface area contributed by atoms with Crippen LogP contribution in [0.3, 0.4) is 0 Å². The van der Waals surface area contributed by atoms with Crippen LogP contribution in [0.1, 0.15) is 12.8 Å². The fourth-order valence-electron chi connectivity index (χ4n) is 1.97. The highest BCUT2D eigenvalue weighted by Crippen LogP contribution is 2.30. The lowest BCUT2D eigenvalue weighted by atomic mass is 10.2. The number of carbonyl (C=O) groups is 2. The number of nitrogens with one attached hydrogen (secondary N) is 1. The Labute approximate surface area is 136 Å². The van der Waals surface area contributed by atoms with E-state index in [9.17, 15) is 9.59 Å². The summed E-state index contributed by atoms with van der Waals surface area (Å²) >= 11 is 1.20. The van der Waals surface area contributed by atoms with Crippen molar-refractivity contribution in [2.75, 3.05) is 12.4 Å². The lowest BCUT2D eigenvalue weighted by molar-refractivity contribution is -0.136. The van der Waals surface area contributed by atoms with Crippen molar-refractivity contribution in [2.24, 2.45) is 0 Å². The molecule has 0 aliphatic carbocycles. The Balaban J connectivity index is 2.00. The first-order valence-corrected chi connectivity index (χ1v) is 7.91. The van der Waals surface area contributed by atoms with Gasteiger partial charge in [-0.2, -0.15) is 0 Å². The van der Waals surface area contributed by atoms with E-state index in [1.165, 1.54) is 11.8 Å². The molecule has 0 saturated carbocycles. The molecular weight excluding hydrogens is 318 g/mol. The Kier molecular flexibility index (Phi) is 4.42. The van der Waals surface area contributed by atoms with E-state index in [1.807, 2.05) is 30.3 Å². The first kappa shape index (κ1) is 15.3. The van der Waals surface area contributed by atoms with Crippen molar-refractivity contribution < 1.29 is 18.7 Å². The molecule has 2 heterocycles. The van der Waals surface area contributed by atoms with Gasteiger partial charge in [-0.3, -0.25) is 4.79 Å². The summed E-state index contributed by atoms with van der Waals surface area (Å²) < 4.78 is 10.6. The molecule has 1 aromatic carbocycles. The molecule has 23 heavy (non-hydrogen) atoms. The highest BCUT2D eigenvalue weighted by atomic mass is 32.2. The van der Waals surface area contributed by atoms with Crippen molar-refractivity contribution in [3.63, 3.8) is 0 Å². The first-order valence-electron chi connectivity index (χ1n) is 6.92. The van der Waals surface area contributed by atoms with Gasteiger partial charge in [0.2, 0.25) is 11.8 Å². The van der Waals surface area contributed by atoms with Gasteiger partial charge in [-0.25, -0.2) is 4.79 Å². The third-order valence-electron chi connectivity index (χ3n) is 2.97. The Morgan fingerprint density at radius 1 is 1.35 bits per heavy atom. The highest BCUT2D eigenvalue weighted by Gasteiger charge is 2.29. The standard InChI is InChI=1S/C15H13N3O4S/c1-2-21-15(20)11(14-16-10(19)8-23-14)13-18-17-12(22-13)9-6-4-3-5-7-9/h3-7H,2,8H2,1H3,(H,16,19). The molecule has 0 spiro atoms. The summed E-state index contributed by atoms with van der Waals surface area (Å²) in [6.07, 6.45) is 0. The van der Waals surface area contributed by atoms with Gasteiger partial charge in [0.25, 0.3) is 5.89 Å². The molecule has 8 heteroatoms. The number of hydrogen-bond acceptors (Lipinski definition) is 7. The summed E-state index contributed by atoms with van der Waals surface area (Å²) in [7, 11) is 0. The molecule has 118 valence electrons. The molecule has 1 N–H and O–H groups in total. The van der Waals surface area contributed by atoms with Crippen LogP contribution in [0.5, 0.6) is 0 Å². The molecule has 1 fully saturated rings. The number of esters is 1. The van der Waals surface area contributed by atoms with Crippen molar-refractivity contribution in [3.8, 4) is 11.5 Å². The minimum atomic E-state index is -0.611. The zero-order chi connectivity index (χ0) is 16.2. The Bertz CT molecular complexity index is 770. The molecule has 1 saturated heterocycles. The first-order chi connectivity index (χ1) is 11.2. The minimum Gasteiger partial charge on any atom is -0.462 e. The normalized spacial score (nSPS) is 16.1. The van der Waals surface area contributed by atoms with Crippen molar-refractivity contribution in [1.82, 2.24) is 15.5 Å². The molecule has 3 rings (SSSR count). The maximum Gasteiger partial charge on any atom is 0.346 e. The summed E-state index contributed by atoms with van der Waals surface area (Å²) in [6, 6.07) is 9.20. The van der Waals surface area contributed by atoms with E-state index in [2.05, 4.69) is 15.5 Å². The van der Waals surface area contributed by atoms with E-state index in [4.69, 9.17) is 9.15 Å². The molecule has 0 unspecified atom stereocenters. The van der Waals surface area contributed by atoms with E-state index in [-0.39, 0.29) is 35.6 Å². The molecule has 1 aliphatic rings. The average Bonchev–Trinajstić information content (AvgIpc) is 3.19. The maximum absolute atomic E-state index is 12.2. The zero-order valence-electron chi connectivity index (χ0n) is 12.2. The number of ether oxygens (including phenoxy) is 1. The average molecular weight is 331 g/mol. The molecule has 7 nitrogen and oxygen atoms in total. The fraction of sp³-hybridized carbons (Fsp3) is 0.200. The van der Waals surface area contributed by atoms with Gasteiger partial charge in [0, 0.05) is 5.56 Å². The van der Waals surface area contributed by atoms with E-state index >= 15 is 0 Å². The SMILES string of the molecule is CCOC(=O)C(=C1NC(=O)CS1)c1nnc(-c2ccccc2)o1. The maximum atomic E-state index is 12.2. The molecule has 1 aliphatic heterocycles. The van der Waals surface area contributed by atoms with Crippen molar-refractivity contribution in [2.45, 2.75) is 6.92 Å². The summed E-state index contributed by atoms with van der Waals surface area (Å²) in [5.41, 5.74) is 0.819. The quantitative estimate of drug-likeness (QED) is 0.674. The van der Waals surface area contributed by atoms with Crippen molar-refractivity contribution in [3.05, 3.63) is 41.3 Å². The zero-order valence-corrected chi connectivity index (χ0v) is 13.1. The summed E-state index contributed by atoms with van der Waals surface area (Å²) in [4.78, 5) is 23.6. The molecule has 0 radical (unpaired) electrons. The Hall–Kier alpha value is -2.61. The fourth-order valence-corrected chi connectivity index (χ4v) is 2.82. The lowest BCUT2D eigenvalue weighted by Gasteiger charge is -2.06. The van der Waals surface area contributed by atoms with Gasteiger partial charge in [-0.15, -0.1) is 10.2 Å². The predicted molar refractivity (Wildman–Crippen MR) is 83.9 cm³/mol. The summed E-state index contributed by atoms with van der Waals surface area (Å²) in [6.45, 7) is 1.90. The second-order valence-corrected chi connectivity index (χ2v) is 5.53. The number of amides is 1. The number of rotatable bonds is 4. The molecule has 1 aromatic heterocycles. The van der Waals surface area contributed by atoms with Gasteiger partial charge in [0.15, 0.2) is 5.57 Å². The van der Waals surface area contributed by atoms with Crippen LogP contribution in [0, 0.1) is 0 Å².